The van der Waals surface area contributed by atoms with E-state index in [9.17, 15) is 4.79 Å². The van der Waals surface area contributed by atoms with Gasteiger partial charge in [-0.15, -0.1) is 24.8 Å². The zero-order chi connectivity index (χ0) is 15.5. The molecule has 0 radical (unpaired) electrons. The molecule has 2 N–H and O–H groups in total. The molecule has 2 heterocycles. The van der Waals surface area contributed by atoms with Gasteiger partial charge in [0, 0.05) is 25.4 Å². The first kappa shape index (κ1) is 20.7. The Hall–Kier alpha value is -1.30. The minimum absolute atomic E-state index is 0. The van der Waals surface area contributed by atoms with Gasteiger partial charge >= 0.3 is 0 Å². The van der Waals surface area contributed by atoms with Crippen molar-refractivity contribution in [2.75, 3.05) is 19.6 Å². The van der Waals surface area contributed by atoms with Gasteiger partial charge in [-0.1, -0.05) is 19.1 Å². The van der Waals surface area contributed by atoms with Crippen molar-refractivity contribution in [3.8, 4) is 0 Å². The van der Waals surface area contributed by atoms with E-state index in [1.165, 1.54) is 5.52 Å². The molecule has 134 valence electrons. The van der Waals surface area contributed by atoms with E-state index in [0.717, 1.165) is 37.4 Å². The van der Waals surface area contributed by atoms with Gasteiger partial charge in [-0.25, -0.2) is 4.98 Å². The second-order valence-electron chi connectivity index (χ2n) is 6.01. The van der Waals surface area contributed by atoms with E-state index >= 15 is 0 Å². The van der Waals surface area contributed by atoms with E-state index in [-0.39, 0.29) is 36.6 Å². The summed E-state index contributed by atoms with van der Waals surface area (Å²) < 4.78 is 2.22. The molecule has 0 spiro atoms. The summed E-state index contributed by atoms with van der Waals surface area (Å²) >= 11 is 0. The summed E-state index contributed by atoms with van der Waals surface area (Å²) in [6, 6.07) is 8.18. The Balaban J connectivity index is 0.00000144. The van der Waals surface area contributed by atoms with E-state index in [0.29, 0.717) is 12.5 Å². The summed E-state index contributed by atoms with van der Waals surface area (Å²) in [5, 5.41) is 6.27. The Morgan fingerprint density at radius 1 is 1.38 bits per heavy atom. The van der Waals surface area contributed by atoms with Gasteiger partial charge < -0.3 is 15.2 Å². The zero-order valence-electron chi connectivity index (χ0n) is 14.1. The van der Waals surface area contributed by atoms with Gasteiger partial charge in [0.2, 0.25) is 5.91 Å². The first-order chi connectivity index (χ1) is 10.7. The first-order valence-corrected chi connectivity index (χ1v) is 8.13. The van der Waals surface area contributed by atoms with Crippen molar-refractivity contribution in [3.05, 3.63) is 30.1 Å². The number of aryl methyl sites for hydroxylation is 1. The normalized spacial score (nSPS) is 15.1. The molecule has 1 aliphatic heterocycles. The number of rotatable bonds is 6. The van der Waals surface area contributed by atoms with E-state index in [1.54, 1.807) is 0 Å². The predicted molar refractivity (Wildman–Crippen MR) is 102 cm³/mol. The summed E-state index contributed by atoms with van der Waals surface area (Å²) in [7, 11) is 0. The summed E-state index contributed by atoms with van der Waals surface area (Å²) in [5.74, 6) is 1.78. The van der Waals surface area contributed by atoms with Gasteiger partial charge in [0.1, 0.15) is 5.82 Å². The van der Waals surface area contributed by atoms with Crippen molar-refractivity contribution in [2.24, 2.45) is 11.8 Å². The largest absolute Gasteiger partial charge is 0.355 e. The molecule has 1 aromatic heterocycles. The lowest BCUT2D eigenvalue weighted by molar-refractivity contribution is -0.126. The van der Waals surface area contributed by atoms with Crippen LogP contribution in [0.15, 0.2) is 24.3 Å². The van der Waals surface area contributed by atoms with Crippen molar-refractivity contribution in [1.82, 2.24) is 20.2 Å². The molecule has 24 heavy (non-hydrogen) atoms. The Morgan fingerprint density at radius 2 is 2.08 bits per heavy atom. The van der Waals surface area contributed by atoms with Gasteiger partial charge in [0.15, 0.2) is 0 Å². The minimum atomic E-state index is 0. The maximum absolute atomic E-state index is 12.1. The molecule has 1 aliphatic rings. The van der Waals surface area contributed by atoms with Gasteiger partial charge in [-0.3, -0.25) is 4.79 Å². The van der Waals surface area contributed by atoms with Crippen LogP contribution in [-0.4, -0.2) is 35.1 Å². The lowest BCUT2D eigenvalue weighted by Crippen LogP contribution is -2.49. The molecule has 2 aromatic rings. The van der Waals surface area contributed by atoms with Crippen molar-refractivity contribution < 1.29 is 4.79 Å². The third-order valence-electron chi connectivity index (χ3n) is 4.63. The third-order valence-corrected chi connectivity index (χ3v) is 4.63. The SMILES string of the molecule is CCn1c(CCNC(=O)C(C)C2CNC2)nc2ccccc21.Cl.Cl. The van der Waals surface area contributed by atoms with Crippen LogP contribution in [0, 0.1) is 11.8 Å². The number of hydrogen-bond donors (Lipinski definition) is 2. The summed E-state index contributed by atoms with van der Waals surface area (Å²) in [6.45, 7) is 7.60. The number of carbonyl (C=O) groups is 1. The number of nitrogens with one attached hydrogen (secondary N) is 2. The molecule has 0 saturated carbocycles. The Morgan fingerprint density at radius 3 is 2.71 bits per heavy atom. The molecule has 7 heteroatoms. The second kappa shape index (κ2) is 9.25. The number of fused-ring (bicyclic) bond motifs is 1. The Labute approximate surface area is 155 Å². The fourth-order valence-electron chi connectivity index (χ4n) is 3.01. The Bertz CT molecular complexity index is 670. The lowest BCUT2D eigenvalue weighted by Gasteiger charge is -2.31. The van der Waals surface area contributed by atoms with Crippen LogP contribution in [0.1, 0.15) is 19.7 Å². The topological polar surface area (TPSA) is 59.0 Å². The molecule has 5 nitrogen and oxygen atoms in total. The van der Waals surface area contributed by atoms with Crippen molar-refractivity contribution >= 4 is 41.8 Å². The third kappa shape index (κ3) is 4.21. The minimum Gasteiger partial charge on any atom is -0.355 e. The molecule has 3 rings (SSSR count). The molecule has 1 fully saturated rings. The highest BCUT2D eigenvalue weighted by atomic mass is 35.5. The predicted octanol–water partition coefficient (Wildman–Crippen LogP) is 2.41. The molecule has 1 amide bonds. The Kier molecular flexibility index (Phi) is 8.00. The standard InChI is InChI=1S/C17H24N4O.2ClH/c1-3-21-15-7-5-4-6-14(15)20-16(21)8-9-19-17(22)12(2)13-10-18-11-13;;/h4-7,12-13,18H,3,8-11H2,1-2H3,(H,19,22);2*1H. The molecule has 0 aliphatic carbocycles. The van der Waals surface area contributed by atoms with Crippen LogP contribution in [0.5, 0.6) is 0 Å². The smallest absolute Gasteiger partial charge is 0.223 e. The highest BCUT2D eigenvalue weighted by Crippen LogP contribution is 2.17. The molecule has 1 aromatic carbocycles. The number of nitrogens with zero attached hydrogens (tertiary/aromatic N) is 2. The van der Waals surface area contributed by atoms with E-state index in [1.807, 2.05) is 25.1 Å². The molecular weight excluding hydrogens is 347 g/mol. The maximum atomic E-state index is 12.1. The van der Waals surface area contributed by atoms with Gasteiger partial charge in [0.05, 0.1) is 11.0 Å². The average molecular weight is 373 g/mol. The van der Waals surface area contributed by atoms with Crippen LogP contribution in [0.2, 0.25) is 0 Å². The number of para-hydroxylation sites is 2. The van der Waals surface area contributed by atoms with E-state index in [2.05, 4.69) is 33.2 Å². The number of benzene rings is 1. The molecule has 0 bridgehead atoms. The van der Waals surface area contributed by atoms with Crippen molar-refractivity contribution in [1.29, 1.82) is 0 Å². The zero-order valence-corrected chi connectivity index (χ0v) is 15.8. The average Bonchev–Trinajstić information content (AvgIpc) is 2.82. The molecule has 1 atom stereocenters. The lowest BCUT2D eigenvalue weighted by atomic mass is 9.88. The number of amides is 1. The van der Waals surface area contributed by atoms with Crippen molar-refractivity contribution in [3.63, 3.8) is 0 Å². The number of aromatic nitrogens is 2. The summed E-state index contributed by atoms with van der Waals surface area (Å²) in [5.41, 5.74) is 2.19. The van der Waals surface area contributed by atoms with Crippen LogP contribution in [0.4, 0.5) is 0 Å². The maximum Gasteiger partial charge on any atom is 0.223 e. The van der Waals surface area contributed by atoms with E-state index < -0.39 is 0 Å². The van der Waals surface area contributed by atoms with Crippen LogP contribution < -0.4 is 10.6 Å². The van der Waals surface area contributed by atoms with Crippen LogP contribution in [0.3, 0.4) is 0 Å². The quantitative estimate of drug-likeness (QED) is 0.818. The molecule has 1 unspecified atom stereocenters. The molecular formula is C17H26Cl2N4O. The highest BCUT2D eigenvalue weighted by molar-refractivity contribution is 5.85. The molecule has 1 saturated heterocycles. The number of carbonyl (C=O) groups excluding carboxylic acids is 1. The monoisotopic (exact) mass is 372 g/mol. The van der Waals surface area contributed by atoms with Crippen molar-refractivity contribution in [2.45, 2.75) is 26.8 Å². The first-order valence-electron chi connectivity index (χ1n) is 8.13. The van der Waals surface area contributed by atoms with Gasteiger partial charge in [-0.2, -0.15) is 0 Å². The van der Waals surface area contributed by atoms with Crippen LogP contribution >= 0.6 is 24.8 Å². The second-order valence-corrected chi connectivity index (χ2v) is 6.01. The van der Waals surface area contributed by atoms with E-state index in [4.69, 9.17) is 0 Å². The van der Waals surface area contributed by atoms with Gasteiger partial charge in [-0.05, 0) is 38.1 Å². The highest BCUT2D eigenvalue weighted by Gasteiger charge is 2.28. The van der Waals surface area contributed by atoms with Crippen LogP contribution in [0.25, 0.3) is 11.0 Å². The summed E-state index contributed by atoms with van der Waals surface area (Å²) in [4.78, 5) is 16.8. The number of imidazole rings is 1. The fourth-order valence-corrected chi connectivity index (χ4v) is 3.01. The number of hydrogen-bond acceptors (Lipinski definition) is 3. The number of halogens is 2. The van der Waals surface area contributed by atoms with Crippen LogP contribution in [-0.2, 0) is 17.8 Å². The fraction of sp³-hybridized carbons (Fsp3) is 0.529. The van der Waals surface area contributed by atoms with Gasteiger partial charge in [0.25, 0.3) is 0 Å². The summed E-state index contributed by atoms with van der Waals surface area (Å²) in [6.07, 6.45) is 0.768.